The number of furan rings is 2. The molecule has 2 aromatic rings. The Balaban J connectivity index is 1.29. The van der Waals surface area contributed by atoms with E-state index >= 15 is 0 Å². The zero-order valence-corrected chi connectivity index (χ0v) is 26.3. The molecule has 232 valence electrons. The third-order valence-electron chi connectivity index (χ3n) is 10.6. The second-order valence-corrected chi connectivity index (χ2v) is 13.8. The lowest BCUT2D eigenvalue weighted by Crippen LogP contribution is -2.63. The number of likely N-dealkylation sites (tertiary alicyclic amines) is 2. The highest BCUT2D eigenvalue weighted by atomic mass is 35.5. The number of aliphatic imine (C=N–C) groups is 1. The number of hydrogen-bond acceptors (Lipinski definition) is 10. The highest BCUT2D eigenvalue weighted by molar-refractivity contribution is 6.24. The molecule has 12 heteroatoms. The predicted molar refractivity (Wildman–Crippen MR) is 163 cm³/mol. The second kappa shape index (κ2) is 11.0. The van der Waals surface area contributed by atoms with Crippen molar-refractivity contribution in [3.05, 3.63) is 46.3 Å². The molecule has 5 aliphatic rings. The Morgan fingerprint density at radius 1 is 1.07 bits per heavy atom. The molecule has 7 heterocycles. The molecule has 2 N–H and O–H groups in total. The van der Waals surface area contributed by atoms with E-state index < -0.39 is 22.6 Å². The number of amides is 1. The average Bonchev–Trinajstić information content (AvgIpc) is 3.68. The van der Waals surface area contributed by atoms with Crippen molar-refractivity contribution in [2.75, 3.05) is 53.9 Å². The number of carbonyl (C=O) groups is 1. The minimum Gasteiger partial charge on any atom is -0.449 e. The fourth-order valence-corrected chi connectivity index (χ4v) is 8.41. The number of hydrogen-bond donors (Lipinski definition) is 2. The molecule has 7 rings (SSSR count). The fraction of sp³-hybridized carbons (Fsp3) is 0.625. The molecule has 4 atom stereocenters. The Morgan fingerprint density at radius 2 is 1.73 bits per heavy atom. The van der Waals surface area contributed by atoms with Gasteiger partial charge in [-0.1, -0.05) is 0 Å². The Kier molecular flexibility index (Phi) is 7.38. The summed E-state index contributed by atoms with van der Waals surface area (Å²) in [6.07, 6.45) is 4.44. The van der Waals surface area contributed by atoms with E-state index in [1.165, 1.54) is 0 Å². The number of carbonyl (C=O) groups excluding carboxylic acids is 1. The number of nitrogens with zero attached hydrogens (tertiary/aromatic N) is 6. The summed E-state index contributed by atoms with van der Waals surface area (Å²) in [7, 11) is 6.05. The summed E-state index contributed by atoms with van der Waals surface area (Å²) in [5, 5.41) is 26.6. The van der Waals surface area contributed by atoms with Crippen molar-refractivity contribution in [1.29, 1.82) is 10.5 Å². The number of nitrogens with one attached hydrogen (secondary N) is 2. The highest BCUT2D eigenvalue weighted by Gasteiger charge is 2.59. The highest BCUT2D eigenvalue weighted by Crippen LogP contribution is 2.55. The number of rotatable bonds is 4. The minimum atomic E-state index is -0.803. The van der Waals surface area contributed by atoms with Crippen molar-refractivity contribution in [2.45, 2.75) is 67.2 Å². The van der Waals surface area contributed by atoms with E-state index in [4.69, 9.17) is 25.4 Å². The first-order valence-corrected chi connectivity index (χ1v) is 16.1. The van der Waals surface area contributed by atoms with Crippen molar-refractivity contribution in [3.8, 4) is 12.1 Å². The predicted octanol–water partition coefficient (Wildman–Crippen LogP) is 3.21. The van der Waals surface area contributed by atoms with Crippen LogP contribution in [0.3, 0.4) is 0 Å². The number of alkyl halides is 1. The van der Waals surface area contributed by atoms with Crippen molar-refractivity contribution in [2.24, 2.45) is 10.9 Å². The van der Waals surface area contributed by atoms with Gasteiger partial charge >= 0.3 is 0 Å². The van der Waals surface area contributed by atoms with Crippen LogP contribution in [0.25, 0.3) is 0 Å². The molecule has 0 radical (unpaired) electrons. The maximum atomic E-state index is 13.7. The van der Waals surface area contributed by atoms with Gasteiger partial charge in [-0.15, -0.1) is 11.6 Å². The SMILES string of the molecule is CN1CCC(NC23CCC4(CNC(N(C)C(=O)C5CCN(C)CC5)c5cc(C#N)oc54)C(=N2)c2cc(C#N)oc2C3Cl)CC1. The quantitative estimate of drug-likeness (QED) is 0.495. The molecular formula is C32H39ClN8O3. The average molecular weight is 619 g/mol. The molecule has 0 aromatic carbocycles. The Labute approximate surface area is 262 Å². The van der Waals surface area contributed by atoms with Crippen LogP contribution in [-0.4, -0.2) is 91.9 Å². The van der Waals surface area contributed by atoms with Gasteiger partial charge in [0.1, 0.15) is 40.9 Å². The summed E-state index contributed by atoms with van der Waals surface area (Å²) < 4.78 is 12.4. The topological polar surface area (TPSA) is 137 Å². The molecule has 4 unspecified atom stereocenters. The van der Waals surface area contributed by atoms with Crippen molar-refractivity contribution < 1.29 is 13.6 Å². The van der Waals surface area contributed by atoms with Gasteiger partial charge in [-0.3, -0.25) is 20.4 Å². The number of nitriles is 2. The van der Waals surface area contributed by atoms with Gasteiger partial charge in [0.05, 0.1) is 11.1 Å². The van der Waals surface area contributed by atoms with E-state index in [2.05, 4.69) is 46.7 Å². The van der Waals surface area contributed by atoms with Crippen molar-refractivity contribution >= 4 is 23.2 Å². The van der Waals surface area contributed by atoms with Gasteiger partial charge in [0.2, 0.25) is 17.4 Å². The van der Waals surface area contributed by atoms with Gasteiger partial charge in [0.15, 0.2) is 0 Å². The lowest BCUT2D eigenvalue weighted by atomic mass is 9.64. The summed E-state index contributed by atoms with van der Waals surface area (Å²) in [5.41, 5.74) is 0.686. The zero-order chi connectivity index (χ0) is 30.8. The van der Waals surface area contributed by atoms with Crippen molar-refractivity contribution in [1.82, 2.24) is 25.3 Å². The molecular weight excluding hydrogens is 580 g/mol. The monoisotopic (exact) mass is 618 g/mol. The van der Waals surface area contributed by atoms with Gasteiger partial charge in [0.25, 0.3) is 0 Å². The zero-order valence-electron chi connectivity index (χ0n) is 25.5. The van der Waals surface area contributed by atoms with Gasteiger partial charge in [0, 0.05) is 48.8 Å². The fourth-order valence-electron chi connectivity index (χ4n) is 8.03. The van der Waals surface area contributed by atoms with E-state index in [1.807, 2.05) is 7.05 Å². The Hall–Kier alpha value is -3.19. The van der Waals surface area contributed by atoms with Gasteiger partial charge in [-0.25, -0.2) is 0 Å². The molecule has 2 saturated heterocycles. The molecule has 1 amide bonds. The number of fused-ring (bicyclic) bond motifs is 6. The van der Waals surface area contributed by atoms with Crippen LogP contribution in [0.15, 0.2) is 26.0 Å². The summed E-state index contributed by atoms with van der Waals surface area (Å²) in [6.45, 7) is 4.22. The van der Waals surface area contributed by atoms with Crippen LogP contribution in [0.2, 0.25) is 0 Å². The van der Waals surface area contributed by atoms with E-state index in [1.54, 1.807) is 17.0 Å². The number of halogens is 1. The lowest BCUT2D eigenvalue weighted by molar-refractivity contribution is -0.138. The molecule has 0 saturated carbocycles. The molecule has 1 spiro atoms. The standard InChI is InChI=1S/C32H39ClN8O3/c1-39-10-4-19(5-11-39)30(42)41(3)29-24-15-22(17-35)44-28(24)31(18-36-29)8-9-32(37-20-6-12-40(2)13-7-20)26(33)25-23(27(31)38-32)14-21(16-34)43-25/h14-15,19-20,26,29,36-37H,4-13,18H2,1-3H3. The first-order chi connectivity index (χ1) is 21.2. The van der Waals surface area contributed by atoms with E-state index in [0.717, 1.165) is 63.1 Å². The third-order valence-corrected chi connectivity index (χ3v) is 11.2. The van der Waals surface area contributed by atoms with Gasteiger partial charge in [-0.2, -0.15) is 10.5 Å². The summed E-state index contributed by atoms with van der Waals surface area (Å²) in [6, 6.07) is 8.05. The van der Waals surface area contributed by atoms with Gasteiger partial charge in [-0.05, 0) is 78.8 Å². The molecule has 5 aliphatic heterocycles. The number of piperidine rings is 2. The maximum absolute atomic E-state index is 13.7. The largest absolute Gasteiger partial charge is 0.449 e. The second-order valence-electron chi connectivity index (χ2n) is 13.4. The summed E-state index contributed by atoms with van der Waals surface area (Å²) in [5.74, 6) is 1.62. The van der Waals surface area contributed by atoms with Crippen LogP contribution < -0.4 is 10.6 Å². The third kappa shape index (κ3) is 4.60. The Morgan fingerprint density at radius 3 is 2.41 bits per heavy atom. The Bertz CT molecular complexity index is 1570. The van der Waals surface area contributed by atoms with E-state index in [9.17, 15) is 15.3 Å². The molecule has 2 bridgehead atoms. The van der Waals surface area contributed by atoms with E-state index in [0.29, 0.717) is 36.5 Å². The molecule has 0 aliphatic carbocycles. The van der Waals surface area contributed by atoms with Crippen LogP contribution in [0.4, 0.5) is 0 Å². The molecule has 44 heavy (non-hydrogen) atoms. The van der Waals surface area contributed by atoms with Crippen LogP contribution in [0, 0.1) is 28.6 Å². The van der Waals surface area contributed by atoms with Crippen LogP contribution in [0.1, 0.15) is 84.2 Å². The first kappa shape index (κ1) is 29.5. The summed E-state index contributed by atoms with van der Waals surface area (Å²) in [4.78, 5) is 25.5. The summed E-state index contributed by atoms with van der Waals surface area (Å²) >= 11 is 7.21. The molecule has 11 nitrogen and oxygen atoms in total. The van der Waals surface area contributed by atoms with Crippen LogP contribution in [-0.2, 0) is 10.2 Å². The molecule has 2 aromatic heterocycles. The maximum Gasteiger partial charge on any atom is 0.227 e. The van der Waals surface area contributed by atoms with Crippen molar-refractivity contribution in [3.63, 3.8) is 0 Å². The van der Waals surface area contributed by atoms with Crippen LogP contribution >= 0.6 is 11.6 Å². The van der Waals surface area contributed by atoms with Gasteiger partial charge < -0.3 is 23.5 Å². The molecule has 2 fully saturated rings. The normalized spacial score (nSPS) is 31.1. The first-order valence-electron chi connectivity index (χ1n) is 15.7. The minimum absolute atomic E-state index is 0.0399. The van der Waals surface area contributed by atoms with Crippen LogP contribution in [0.5, 0.6) is 0 Å². The van der Waals surface area contributed by atoms with E-state index in [-0.39, 0.29) is 29.4 Å². The smallest absolute Gasteiger partial charge is 0.227 e. The lowest BCUT2D eigenvalue weighted by Gasteiger charge is -2.52.